The standard InChI is InChI=1S/C10H12BrNO/c1-3-4-7-13-10-9(11)8(2)5-6-12-10/h3,5-6H,1,4,7H2,2H3. The Hall–Kier alpha value is -0.830. The fourth-order valence-electron chi connectivity index (χ4n) is 0.855. The summed E-state index contributed by atoms with van der Waals surface area (Å²) in [5.74, 6) is 0.654. The third-order valence-electron chi connectivity index (χ3n) is 1.61. The molecular weight excluding hydrogens is 230 g/mol. The van der Waals surface area contributed by atoms with Gasteiger partial charge in [-0.25, -0.2) is 4.98 Å². The molecule has 0 radical (unpaired) electrons. The van der Waals surface area contributed by atoms with Crippen LogP contribution in [0.4, 0.5) is 0 Å². The van der Waals surface area contributed by atoms with Crippen molar-refractivity contribution in [2.24, 2.45) is 0 Å². The zero-order valence-corrected chi connectivity index (χ0v) is 9.17. The molecule has 0 fully saturated rings. The number of hydrogen-bond acceptors (Lipinski definition) is 2. The van der Waals surface area contributed by atoms with Gasteiger partial charge in [0.2, 0.25) is 5.88 Å². The van der Waals surface area contributed by atoms with Gasteiger partial charge in [-0.05, 0) is 40.9 Å². The summed E-state index contributed by atoms with van der Waals surface area (Å²) in [7, 11) is 0. The average Bonchev–Trinajstić information content (AvgIpc) is 2.13. The Morgan fingerprint density at radius 3 is 3.15 bits per heavy atom. The van der Waals surface area contributed by atoms with E-state index in [-0.39, 0.29) is 0 Å². The average molecular weight is 242 g/mol. The van der Waals surface area contributed by atoms with Crippen molar-refractivity contribution in [2.45, 2.75) is 13.3 Å². The molecule has 1 heterocycles. The number of aromatic nitrogens is 1. The number of pyridine rings is 1. The summed E-state index contributed by atoms with van der Waals surface area (Å²) in [4.78, 5) is 4.11. The highest BCUT2D eigenvalue weighted by Gasteiger charge is 2.03. The Labute approximate surface area is 86.8 Å². The maximum Gasteiger partial charge on any atom is 0.228 e. The molecule has 0 aliphatic heterocycles. The van der Waals surface area contributed by atoms with E-state index in [2.05, 4.69) is 27.5 Å². The Morgan fingerprint density at radius 1 is 1.69 bits per heavy atom. The number of rotatable bonds is 4. The minimum Gasteiger partial charge on any atom is -0.477 e. The van der Waals surface area contributed by atoms with Crippen LogP contribution in [0.1, 0.15) is 12.0 Å². The van der Waals surface area contributed by atoms with Crippen LogP contribution in [0.25, 0.3) is 0 Å². The summed E-state index contributed by atoms with van der Waals surface area (Å²) in [6, 6.07) is 1.93. The molecule has 1 rings (SSSR count). The van der Waals surface area contributed by atoms with Crippen molar-refractivity contribution in [3.63, 3.8) is 0 Å². The minimum absolute atomic E-state index is 0.624. The largest absolute Gasteiger partial charge is 0.477 e. The van der Waals surface area contributed by atoms with E-state index < -0.39 is 0 Å². The molecule has 70 valence electrons. The van der Waals surface area contributed by atoms with Gasteiger partial charge in [0.25, 0.3) is 0 Å². The normalized spacial score (nSPS) is 9.69. The molecule has 1 aromatic rings. The molecule has 0 spiro atoms. The third kappa shape index (κ3) is 2.84. The number of halogens is 1. The Balaban J connectivity index is 2.65. The molecule has 0 aromatic carbocycles. The van der Waals surface area contributed by atoms with Crippen molar-refractivity contribution in [1.82, 2.24) is 4.98 Å². The van der Waals surface area contributed by atoms with Crippen molar-refractivity contribution >= 4 is 15.9 Å². The molecule has 13 heavy (non-hydrogen) atoms. The van der Waals surface area contributed by atoms with Gasteiger partial charge >= 0.3 is 0 Å². The monoisotopic (exact) mass is 241 g/mol. The highest BCUT2D eigenvalue weighted by atomic mass is 79.9. The summed E-state index contributed by atoms with van der Waals surface area (Å²) in [6.07, 6.45) is 4.40. The lowest BCUT2D eigenvalue weighted by Gasteiger charge is -2.06. The zero-order chi connectivity index (χ0) is 9.68. The Morgan fingerprint density at radius 2 is 2.46 bits per heavy atom. The van der Waals surface area contributed by atoms with Gasteiger partial charge in [-0.1, -0.05) is 6.08 Å². The lowest BCUT2D eigenvalue weighted by molar-refractivity contribution is 0.310. The maximum absolute atomic E-state index is 5.43. The topological polar surface area (TPSA) is 22.1 Å². The summed E-state index contributed by atoms with van der Waals surface area (Å²) in [6.45, 7) is 6.25. The van der Waals surface area contributed by atoms with Crippen molar-refractivity contribution in [1.29, 1.82) is 0 Å². The van der Waals surface area contributed by atoms with E-state index in [4.69, 9.17) is 4.74 Å². The Bertz CT molecular complexity index is 299. The third-order valence-corrected chi connectivity index (χ3v) is 2.58. The number of aryl methyl sites for hydroxylation is 1. The van der Waals surface area contributed by atoms with Gasteiger partial charge in [0.15, 0.2) is 0 Å². The smallest absolute Gasteiger partial charge is 0.228 e. The van der Waals surface area contributed by atoms with Crippen molar-refractivity contribution in [2.75, 3.05) is 6.61 Å². The van der Waals surface area contributed by atoms with E-state index in [1.165, 1.54) is 0 Å². The van der Waals surface area contributed by atoms with Gasteiger partial charge in [0, 0.05) is 6.20 Å². The summed E-state index contributed by atoms with van der Waals surface area (Å²) < 4.78 is 6.36. The van der Waals surface area contributed by atoms with Crippen molar-refractivity contribution < 1.29 is 4.74 Å². The van der Waals surface area contributed by atoms with Crippen LogP contribution in [0.3, 0.4) is 0 Å². The van der Waals surface area contributed by atoms with Crippen LogP contribution >= 0.6 is 15.9 Å². The van der Waals surface area contributed by atoms with E-state index in [1.54, 1.807) is 6.20 Å². The van der Waals surface area contributed by atoms with Gasteiger partial charge < -0.3 is 4.74 Å². The van der Waals surface area contributed by atoms with Gasteiger partial charge in [-0.2, -0.15) is 0 Å². The molecule has 0 amide bonds. The number of nitrogens with zero attached hydrogens (tertiary/aromatic N) is 1. The molecule has 0 bridgehead atoms. The van der Waals surface area contributed by atoms with E-state index in [0.29, 0.717) is 12.5 Å². The van der Waals surface area contributed by atoms with E-state index in [0.717, 1.165) is 16.5 Å². The predicted octanol–water partition coefficient (Wildman–Crippen LogP) is 3.11. The highest BCUT2D eigenvalue weighted by Crippen LogP contribution is 2.25. The first-order valence-electron chi connectivity index (χ1n) is 4.10. The lowest BCUT2D eigenvalue weighted by atomic mass is 10.3. The second-order valence-corrected chi connectivity index (χ2v) is 3.47. The van der Waals surface area contributed by atoms with Crippen molar-refractivity contribution in [3.05, 3.63) is 35.0 Å². The molecule has 0 aliphatic carbocycles. The summed E-state index contributed by atoms with van der Waals surface area (Å²) in [5, 5.41) is 0. The second-order valence-electron chi connectivity index (χ2n) is 2.67. The van der Waals surface area contributed by atoms with Crippen LogP contribution in [0.5, 0.6) is 5.88 Å². The number of hydrogen-bond donors (Lipinski definition) is 0. The van der Waals surface area contributed by atoms with Crippen LogP contribution in [0, 0.1) is 6.92 Å². The SMILES string of the molecule is C=CCCOc1nccc(C)c1Br. The molecule has 0 saturated carbocycles. The molecule has 0 atom stereocenters. The highest BCUT2D eigenvalue weighted by molar-refractivity contribution is 9.10. The van der Waals surface area contributed by atoms with Crippen molar-refractivity contribution in [3.8, 4) is 5.88 Å². The molecule has 1 aromatic heterocycles. The van der Waals surface area contributed by atoms with Crippen LogP contribution < -0.4 is 4.74 Å². The zero-order valence-electron chi connectivity index (χ0n) is 7.59. The van der Waals surface area contributed by atoms with E-state index in [1.807, 2.05) is 19.1 Å². The fourth-order valence-corrected chi connectivity index (χ4v) is 1.20. The molecule has 0 N–H and O–H groups in total. The minimum atomic E-state index is 0.624. The summed E-state index contributed by atoms with van der Waals surface area (Å²) in [5.41, 5.74) is 1.13. The maximum atomic E-state index is 5.43. The first-order chi connectivity index (χ1) is 6.25. The molecule has 0 unspecified atom stereocenters. The summed E-state index contributed by atoms with van der Waals surface area (Å²) >= 11 is 3.42. The predicted molar refractivity (Wildman–Crippen MR) is 57.0 cm³/mol. The first kappa shape index (κ1) is 10.3. The van der Waals surface area contributed by atoms with Crippen LogP contribution in [0.15, 0.2) is 29.4 Å². The molecular formula is C10H12BrNO. The van der Waals surface area contributed by atoms with Gasteiger partial charge in [-0.15, -0.1) is 6.58 Å². The van der Waals surface area contributed by atoms with Gasteiger partial charge in [-0.3, -0.25) is 0 Å². The Kier molecular flexibility index (Phi) is 3.96. The number of ether oxygens (including phenoxy) is 1. The molecule has 2 nitrogen and oxygen atoms in total. The molecule has 0 aliphatic rings. The fraction of sp³-hybridized carbons (Fsp3) is 0.300. The lowest BCUT2D eigenvalue weighted by Crippen LogP contribution is -1.98. The second kappa shape index (κ2) is 5.02. The van der Waals surface area contributed by atoms with Crippen LogP contribution in [-0.4, -0.2) is 11.6 Å². The van der Waals surface area contributed by atoms with E-state index >= 15 is 0 Å². The molecule has 3 heteroatoms. The van der Waals surface area contributed by atoms with Crippen LogP contribution in [-0.2, 0) is 0 Å². The van der Waals surface area contributed by atoms with Crippen LogP contribution in [0.2, 0.25) is 0 Å². The van der Waals surface area contributed by atoms with Gasteiger partial charge in [0.1, 0.15) is 0 Å². The molecule has 0 saturated heterocycles. The van der Waals surface area contributed by atoms with Gasteiger partial charge in [0.05, 0.1) is 11.1 Å². The van der Waals surface area contributed by atoms with E-state index in [9.17, 15) is 0 Å². The first-order valence-corrected chi connectivity index (χ1v) is 4.90. The quantitative estimate of drug-likeness (QED) is 0.597.